The Morgan fingerprint density at radius 1 is 1.83 bits per heavy atom. The highest BCUT2D eigenvalue weighted by atomic mass is 16.4. The van der Waals surface area contributed by atoms with Crippen LogP contribution >= 0.6 is 0 Å². The van der Waals surface area contributed by atoms with Crippen molar-refractivity contribution in [2.45, 2.75) is 19.5 Å². The zero-order chi connectivity index (χ0) is 8.97. The molecule has 0 saturated carbocycles. The van der Waals surface area contributed by atoms with E-state index in [9.17, 15) is 4.79 Å². The average Bonchev–Trinajstić information content (AvgIpc) is 2.51. The summed E-state index contributed by atoms with van der Waals surface area (Å²) in [6.45, 7) is 2.12. The summed E-state index contributed by atoms with van der Waals surface area (Å²) >= 11 is 0. The topological polar surface area (TPSA) is 62.5 Å². The Kier molecular flexibility index (Phi) is 2.88. The lowest BCUT2D eigenvalue weighted by atomic mass is 10.3. The lowest BCUT2D eigenvalue weighted by Gasteiger charge is -2.06. The Bertz CT molecular complexity index is 243. The summed E-state index contributed by atoms with van der Waals surface area (Å²) in [6, 6.07) is 1.27. The first-order chi connectivity index (χ1) is 5.70. The molecule has 1 rings (SSSR count). The molecule has 4 heteroatoms. The van der Waals surface area contributed by atoms with Crippen LogP contribution in [0.5, 0.6) is 0 Å². The van der Waals surface area contributed by atoms with E-state index < -0.39 is 12.0 Å². The van der Waals surface area contributed by atoms with Crippen molar-refractivity contribution in [2.75, 3.05) is 0 Å². The summed E-state index contributed by atoms with van der Waals surface area (Å²) in [5.41, 5.74) is 0.947. The van der Waals surface area contributed by atoms with Gasteiger partial charge in [-0.2, -0.15) is 0 Å². The molecule has 0 bridgehead atoms. The predicted molar refractivity (Wildman–Crippen MR) is 42.6 cm³/mol. The van der Waals surface area contributed by atoms with Crippen molar-refractivity contribution < 1.29 is 14.3 Å². The number of hydrogen-bond donors (Lipinski definition) is 2. The van der Waals surface area contributed by atoms with Crippen LogP contribution < -0.4 is 5.32 Å². The van der Waals surface area contributed by atoms with Crippen molar-refractivity contribution in [1.82, 2.24) is 5.32 Å². The smallest absolute Gasteiger partial charge is 0.320 e. The second-order valence-electron chi connectivity index (χ2n) is 2.57. The number of furan rings is 1. The maximum absolute atomic E-state index is 10.4. The maximum Gasteiger partial charge on any atom is 0.320 e. The van der Waals surface area contributed by atoms with Gasteiger partial charge in [-0.15, -0.1) is 0 Å². The van der Waals surface area contributed by atoms with Crippen LogP contribution in [0.2, 0.25) is 0 Å². The molecule has 12 heavy (non-hydrogen) atoms. The van der Waals surface area contributed by atoms with Crippen LogP contribution in [-0.2, 0) is 11.3 Å². The van der Waals surface area contributed by atoms with Crippen LogP contribution in [0.15, 0.2) is 23.0 Å². The van der Waals surface area contributed by atoms with Crippen molar-refractivity contribution in [1.29, 1.82) is 0 Å². The molecule has 4 nitrogen and oxygen atoms in total. The maximum atomic E-state index is 10.4. The molecule has 0 spiro atoms. The lowest BCUT2D eigenvalue weighted by molar-refractivity contribution is -0.139. The highest BCUT2D eigenvalue weighted by molar-refractivity contribution is 5.72. The first-order valence-electron chi connectivity index (χ1n) is 3.67. The molecular formula is C8H11NO3. The van der Waals surface area contributed by atoms with Gasteiger partial charge >= 0.3 is 5.97 Å². The van der Waals surface area contributed by atoms with E-state index in [4.69, 9.17) is 9.52 Å². The lowest BCUT2D eigenvalue weighted by Crippen LogP contribution is -2.32. The first-order valence-corrected chi connectivity index (χ1v) is 3.67. The summed E-state index contributed by atoms with van der Waals surface area (Å²) in [5.74, 6) is -0.849. The molecule has 0 amide bonds. The summed E-state index contributed by atoms with van der Waals surface area (Å²) in [4.78, 5) is 10.4. The van der Waals surface area contributed by atoms with Crippen molar-refractivity contribution in [2.24, 2.45) is 0 Å². The first kappa shape index (κ1) is 8.80. The van der Waals surface area contributed by atoms with Gasteiger partial charge in [0, 0.05) is 12.1 Å². The van der Waals surface area contributed by atoms with Crippen molar-refractivity contribution >= 4 is 5.97 Å². The van der Waals surface area contributed by atoms with Gasteiger partial charge in [0.05, 0.1) is 12.5 Å². The van der Waals surface area contributed by atoms with Gasteiger partial charge in [-0.05, 0) is 13.0 Å². The molecule has 0 aliphatic carbocycles. The second-order valence-corrected chi connectivity index (χ2v) is 2.57. The number of carboxylic acid groups (broad SMARTS) is 1. The molecule has 0 aliphatic rings. The minimum atomic E-state index is -0.849. The monoisotopic (exact) mass is 169 g/mol. The zero-order valence-electron chi connectivity index (χ0n) is 6.78. The third-order valence-electron chi connectivity index (χ3n) is 1.56. The van der Waals surface area contributed by atoms with Gasteiger partial charge in [-0.1, -0.05) is 0 Å². The standard InChI is InChI=1S/C8H11NO3/c1-6(8(10)11)9-4-7-2-3-12-5-7/h2-3,5-6,9H,4H2,1H3,(H,10,11). The number of carbonyl (C=O) groups is 1. The van der Waals surface area contributed by atoms with E-state index in [-0.39, 0.29) is 0 Å². The predicted octanol–water partition coefficient (Wildman–Crippen LogP) is 0.842. The Balaban J connectivity index is 2.31. The van der Waals surface area contributed by atoms with E-state index in [1.54, 1.807) is 25.5 Å². The highest BCUT2D eigenvalue weighted by Crippen LogP contribution is 1.99. The van der Waals surface area contributed by atoms with Crippen LogP contribution in [0, 0.1) is 0 Å². The molecule has 1 aromatic heterocycles. The van der Waals surface area contributed by atoms with Crippen LogP contribution in [0.1, 0.15) is 12.5 Å². The normalized spacial score (nSPS) is 12.8. The van der Waals surface area contributed by atoms with Gasteiger partial charge < -0.3 is 14.8 Å². The van der Waals surface area contributed by atoms with E-state index in [0.29, 0.717) is 6.54 Å². The fourth-order valence-electron chi connectivity index (χ4n) is 0.751. The molecule has 1 atom stereocenters. The molecule has 0 saturated heterocycles. The molecular weight excluding hydrogens is 158 g/mol. The van der Waals surface area contributed by atoms with Gasteiger partial charge in [-0.3, -0.25) is 4.79 Å². The molecule has 0 fully saturated rings. The summed E-state index contributed by atoms with van der Waals surface area (Å²) in [5, 5.41) is 11.3. The van der Waals surface area contributed by atoms with Crippen molar-refractivity contribution in [3.63, 3.8) is 0 Å². The van der Waals surface area contributed by atoms with Gasteiger partial charge in [0.25, 0.3) is 0 Å². The summed E-state index contributed by atoms with van der Waals surface area (Å²) in [7, 11) is 0. The summed E-state index contributed by atoms with van der Waals surface area (Å²) < 4.78 is 4.82. The number of nitrogens with one attached hydrogen (secondary N) is 1. The fraction of sp³-hybridized carbons (Fsp3) is 0.375. The van der Waals surface area contributed by atoms with E-state index in [1.165, 1.54) is 0 Å². The van der Waals surface area contributed by atoms with Gasteiger partial charge in [-0.25, -0.2) is 0 Å². The molecule has 0 aliphatic heterocycles. The van der Waals surface area contributed by atoms with Crippen LogP contribution in [-0.4, -0.2) is 17.1 Å². The SMILES string of the molecule is CC(NCc1ccoc1)C(=O)O. The van der Waals surface area contributed by atoms with Crippen molar-refractivity contribution in [3.05, 3.63) is 24.2 Å². The number of hydrogen-bond acceptors (Lipinski definition) is 3. The second kappa shape index (κ2) is 3.92. The summed E-state index contributed by atoms with van der Waals surface area (Å²) in [6.07, 6.45) is 3.14. The van der Waals surface area contributed by atoms with Crippen molar-refractivity contribution in [3.8, 4) is 0 Å². The Hall–Kier alpha value is -1.29. The Morgan fingerprint density at radius 3 is 3.08 bits per heavy atom. The molecule has 0 aromatic carbocycles. The Labute approximate surface area is 70.2 Å². The minimum Gasteiger partial charge on any atom is -0.480 e. The van der Waals surface area contributed by atoms with Crippen LogP contribution in [0.3, 0.4) is 0 Å². The zero-order valence-corrected chi connectivity index (χ0v) is 6.78. The van der Waals surface area contributed by atoms with Gasteiger partial charge in [0.1, 0.15) is 6.04 Å². The third-order valence-corrected chi connectivity index (χ3v) is 1.56. The van der Waals surface area contributed by atoms with Gasteiger partial charge in [0.2, 0.25) is 0 Å². The molecule has 0 radical (unpaired) electrons. The van der Waals surface area contributed by atoms with E-state index in [2.05, 4.69) is 5.32 Å². The number of carboxylic acids is 1. The van der Waals surface area contributed by atoms with Crippen LogP contribution in [0.25, 0.3) is 0 Å². The van der Waals surface area contributed by atoms with E-state index in [0.717, 1.165) is 5.56 Å². The molecule has 1 aromatic rings. The van der Waals surface area contributed by atoms with E-state index in [1.807, 2.05) is 0 Å². The molecule has 1 heterocycles. The van der Waals surface area contributed by atoms with Gasteiger partial charge in [0.15, 0.2) is 0 Å². The fourth-order valence-corrected chi connectivity index (χ4v) is 0.751. The quantitative estimate of drug-likeness (QED) is 0.701. The molecule has 2 N–H and O–H groups in total. The number of aliphatic carboxylic acids is 1. The Morgan fingerprint density at radius 2 is 2.58 bits per heavy atom. The molecule has 1 unspecified atom stereocenters. The third kappa shape index (κ3) is 2.39. The van der Waals surface area contributed by atoms with E-state index >= 15 is 0 Å². The number of rotatable bonds is 4. The molecule has 66 valence electrons. The highest BCUT2D eigenvalue weighted by Gasteiger charge is 2.08. The van der Waals surface area contributed by atoms with Crippen LogP contribution in [0.4, 0.5) is 0 Å². The largest absolute Gasteiger partial charge is 0.480 e. The average molecular weight is 169 g/mol. The minimum absolute atomic E-state index is 0.518.